The van der Waals surface area contributed by atoms with E-state index in [4.69, 9.17) is 0 Å². The molecule has 0 fully saturated rings. The van der Waals surface area contributed by atoms with E-state index >= 15 is 0 Å². The minimum absolute atomic E-state index is 0.360. The van der Waals surface area contributed by atoms with Crippen molar-refractivity contribution < 1.29 is 9.32 Å². The highest BCUT2D eigenvalue weighted by atomic mass is 16.5. The molecule has 0 N–H and O–H groups in total. The molecule has 0 aliphatic heterocycles. The van der Waals surface area contributed by atoms with E-state index in [-0.39, 0.29) is 0 Å². The first-order valence-corrected chi connectivity index (χ1v) is 3.89. The van der Waals surface area contributed by atoms with Crippen molar-refractivity contribution in [3.63, 3.8) is 0 Å². The number of carbonyl (C=O) groups excluding carboxylic acids is 1. The molecule has 0 spiro atoms. The summed E-state index contributed by atoms with van der Waals surface area (Å²) in [5.41, 5.74) is 0.875. The van der Waals surface area contributed by atoms with Crippen LogP contribution in [0, 0.1) is 0 Å². The van der Waals surface area contributed by atoms with Crippen LogP contribution in [0.2, 0.25) is 0 Å². The number of aryl methyl sites for hydroxylation is 1. The number of aromatic nitrogens is 1. The van der Waals surface area contributed by atoms with Crippen molar-refractivity contribution in [2.24, 2.45) is 4.99 Å². The lowest BCUT2D eigenvalue weighted by Gasteiger charge is -1.91. The van der Waals surface area contributed by atoms with E-state index in [1.807, 2.05) is 0 Å². The fourth-order valence-corrected chi connectivity index (χ4v) is 0.925. The molecule has 0 radical (unpaired) electrons. The van der Waals surface area contributed by atoms with Gasteiger partial charge in [-0.1, -0.05) is 18.5 Å². The first-order chi connectivity index (χ1) is 5.88. The number of nitrogens with zero attached hydrogens (tertiary/aromatic N) is 2. The number of aliphatic imine (C=N–C) groups is 1. The van der Waals surface area contributed by atoms with Crippen LogP contribution in [0.4, 0.5) is 5.82 Å². The first-order valence-electron chi connectivity index (χ1n) is 3.89. The molecule has 0 bridgehead atoms. The van der Waals surface area contributed by atoms with Crippen LogP contribution >= 0.6 is 0 Å². The maximum atomic E-state index is 9.92. The number of hydrogen-bond donors (Lipinski definition) is 0. The number of unbranched alkanes of at least 4 members (excludes halogenated alkanes) is 1. The average molecular weight is 166 g/mol. The molecule has 0 aromatic carbocycles. The molecule has 1 rings (SSSR count). The molecule has 1 aromatic heterocycles. The molecule has 4 heteroatoms. The molecule has 0 atom stereocenters. The maximum absolute atomic E-state index is 9.92. The Morgan fingerprint density at radius 3 is 3.25 bits per heavy atom. The zero-order valence-electron chi connectivity index (χ0n) is 6.91. The molecular weight excluding hydrogens is 156 g/mol. The lowest BCUT2D eigenvalue weighted by Crippen LogP contribution is -1.81. The van der Waals surface area contributed by atoms with Crippen molar-refractivity contribution in [3.05, 3.63) is 11.8 Å². The second-order valence-corrected chi connectivity index (χ2v) is 2.47. The predicted molar refractivity (Wildman–Crippen MR) is 42.9 cm³/mol. The summed E-state index contributed by atoms with van der Waals surface area (Å²) >= 11 is 0. The summed E-state index contributed by atoms with van der Waals surface area (Å²) in [5, 5.41) is 3.55. The van der Waals surface area contributed by atoms with Crippen molar-refractivity contribution in [2.45, 2.75) is 26.2 Å². The second-order valence-electron chi connectivity index (χ2n) is 2.47. The van der Waals surface area contributed by atoms with Gasteiger partial charge in [0.2, 0.25) is 11.9 Å². The molecule has 4 nitrogen and oxygen atoms in total. The van der Waals surface area contributed by atoms with E-state index in [9.17, 15) is 4.79 Å². The van der Waals surface area contributed by atoms with Crippen LogP contribution in [0.1, 0.15) is 25.3 Å². The highest BCUT2D eigenvalue weighted by Gasteiger charge is 2.04. The van der Waals surface area contributed by atoms with Gasteiger partial charge in [0.15, 0.2) is 0 Å². The van der Waals surface area contributed by atoms with Gasteiger partial charge in [0.25, 0.3) is 0 Å². The van der Waals surface area contributed by atoms with Crippen molar-refractivity contribution in [3.8, 4) is 0 Å². The lowest BCUT2D eigenvalue weighted by molar-refractivity contribution is 0.420. The zero-order chi connectivity index (χ0) is 8.81. The summed E-state index contributed by atoms with van der Waals surface area (Å²) in [5.74, 6) is 0.360. The van der Waals surface area contributed by atoms with Gasteiger partial charge in [0.05, 0.1) is 0 Å². The van der Waals surface area contributed by atoms with Crippen LogP contribution in [0.3, 0.4) is 0 Å². The van der Waals surface area contributed by atoms with Gasteiger partial charge in [-0.05, 0) is 12.8 Å². The van der Waals surface area contributed by atoms with Crippen molar-refractivity contribution >= 4 is 11.9 Å². The Morgan fingerprint density at radius 1 is 1.75 bits per heavy atom. The van der Waals surface area contributed by atoms with Crippen LogP contribution in [0.5, 0.6) is 0 Å². The van der Waals surface area contributed by atoms with E-state index < -0.39 is 0 Å². The Morgan fingerprint density at radius 2 is 2.58 bits per heavy atom. The van der Waals surface area contributed by atoms with E-state index in [0.717, 1.165) is 24.8 Å². The summed E-state index contributed by atoms with van der Waals surface area (Å²) in [6.07, 6.45) is 5.94. The van der Waals surface area contributed by atoms with Crippen LogP contribution in [-0.2, 0) is 11.2 Å². The molecule has 12 heavy (non-hydrogen) atoms. The van der Waals surface area contributed by atoms with Gasteiger partial charge in [0, 0.05) is 5.56 Å². The van der Waals surface area contributed by atoms with Crippen LogP contribution < -0.4 is 0 Å². The van der Waals surface area contributed by atoms with Gasteiger partial charge in [-0.3, -0.25) is 0 Å². The molecule has 64 valence electrons. The number of isocyanates is 1. The minimum atomic E-state index is 0.360. The Balaban J connectivity index is 2.70. The maximum Gasteiger partial charge on any atom is 0.242 e. The first kappa shape index (κ1) is 8.68. The summed E-state index contributed by atoms with van der Waals surface area (Å²) in [6, 6.07) is 0. The summed E-state index contributed by atoms with van der Waals surface area (Å²) in [4.78, 5) is 13.3. The van der Waals surface area contributed by atoms with Crippen molar-refractivity contribution in [1.29, 1.82) is 0 Å². The molecule has 0 aliphatic carbocycles. The van der Waals surface area contributed by atoms with Crippen LogP contribution in [0.25, 0.3) is 0 Å². The third-order valence-electron chi connectivity index (χ3n) is 1.57. The standard InChI is InChI=1S/C8H10N2O2/c1-2-3-4-7-5-12-10-8(7)9-6-11/h5H,2-4H2,1H3. The third-order valence-corrected chi connectivity index (χ3v) is 1.57. The van der Waals surface area contributed by atoms with Gasteiger partial charge < -0.3 is 4.52 Å². The van der Waals surface area contributed by atoms with Gasteiger partial charge in [-0.25, -0.2) is 4.79 Å². The lowest BCUT2D eigenvalue weighted by atomic mass is 10.1. The molecule has 0 unspecified atom stereocenters. The topological polar surface area (TPSA) is 55.5 Å². The monoisotopic (exact) mass is 166 g/mol. The minimum Gasteiger partial charge on any atom is -0.362 e. The number of hydrogen-bond acceptors (Lipinski definition) is 4. The average Bonchev–Trinajstić information content (AvgIpc) is 2.50. The van der Waals surface area contributed by atoms with E-state index in [0.29, 0.717) is 5.82 Å². The molecular formula is C8H10N2O2. The van der Waals surface area contributed by atoms with Gasteiger partial charge in [-0.2, -0.15) is 0 Å². The Kier molecular flexibility index (Phi) is 3.23. The fraction of sp³-hybridized carbons (Fsp3) is 0.500. The molecule has 1 aromatic rings. The molecule has 0 saturated heterocycles. The molecule has 0 amide bonds. The van der Waals surface area contributed by atoms with Gasteiger partial charge in [0.1, 0.15) is 6.26 Å². The summed E-state index contributed by atoms with van der Waals surface area (Å²) < 4.78 is 4.67. The fourth-order valence-electron chi connectivity index (χ4n) is 0.925. The predicted octanol–water partition coefficient (Wildman–Crippen LogP) is 1.98. The molecule has 0 saturated carbocycles. The second kappa shape index (κ2) is 4.46. The summed E-state index contributed by atoms with van der Waals surface area (Å²) in [7, 11) is 0. The largest absolute Gasteiger partial charge is 0.362 e. The molecule has 0 aliphatic rings. The Labute approximate surface area is 70.3 Å². The Bertz CT molecular complexity index is 287. The van der Waals surface area contributed by atoms with Crippen LogP contribution in [-0.4, -0.2) is 11.2 Å². The highest BCUT2D eigenvalue weighted by Crippen LogP contribution is 2.17. The van der Waals surface area contributed by atoms with Gasteiger partial charge in [-0.15, -0.1) is 4.99 Å². The molecule has 1 heterocycles. The zero-order valence-corrected chi connectivity index (χ0v) is 6.91. The van der Waals surface area contributed by atoms with E-state index in [2.05, 4.69) is 21.6 Å². The van der Waals surface area contributed by atoms with E-state index in [1.165, 1.54) is 12.3 Å². The Hall–Kier alpha value is -1.41. The third kappa shape index (κ3) is 2.04. The van der Waals surface area contributed by atoms with Crippen LogP contribution in [0.15, 0.2) is 15.8 Å². The summed E-state index contributed by atoms with van der Waals surface area (Å²) in [6.45, 7) is 2.09. The van der Waals surface area contributed by atoms with E-state index in [1.54, 1.807) is 0 Å². The van der Waals surface area contributed by atoms with Crippen molar-refractivity contribution in [1.82, 2.24) is 5.16 Å². The highest BCUT2D eigenvalue weighted by molar-refractivity contribution is 5.47. The normalized spacial score (nSPS) is 9.42. The van der Waals surface area contributed by atoms with Crippen molar-refractivity contribution in [2.75, 3.05) is 0 Å². The SMILES string of the molecule is CCCCc1conc1N=C=O. The number of rotatable bonds is 4. The quantitative estimate of drug-likeness (QED) is 0.507. The smallest absolute Gasteiger partial charge is 0.242 e. The van der Waals surface area contributed by atoms with Gasteiger partial charge >= 0.3 is 0 Å².